The van der Waals surface area contributed by atoms with Gasteiger partial charge in [0.15, 0.2) is 0 Å². The number of benzene rings is 1. The van der Waals surface area contributed by atoms with E-state index in [1.807, 2.05) is 24.3 Å². The molecule has 100 valence electrons. The highest BCUT2D eigenvalue weighted by Gasteiger charge is 2.40. The first-order chi connectivity index (χ1) is 8.66. The summed E-state index contributed by atoms with van der Waals surface area (Å²) in [5, 5.41) is 0.975. The number of halogens is 2. The lowest BCUT2D eigenvalue weighted by Crippen LogP contribution is -2.32. The molecule has 0 spiro atoms. The van der Waals surface area contributed by atoms with Crippen molar-refractivity contribution in [2.75, 3.05) is 18.5 Å². The van der Waals surface area contributed by atoms with Crippen LogP contribution in [-0.2, 0) is 4.74 Å². The fraction of sp³-hybridized carbons (Fsp3) is 0.571. The molecule has 2 atom stereocenters. The van der Waals surface area contributed by atoms with Gasteiger partial charge in [-0.1, -0.05) is 37.9 Å². The van der Waals surface area contributed by atoms with Gasteiger partial charge < -0.3 is 9.47 Å². The third-order valence-corrected chi connectivity index (χ3v) is 5.37. The van der Waals surface area contributed by atoms with Crippen LogP contribution < -0.4 is 4.74 Å². The van der Waals surface area contributed by atoms with Gasteiger partial charge in [0.25, 0.3) is 0 Å². The molecule has 0 N–H and O–H groups in total. The van der Waals surface area contributed by atoms with E-state index in [0.717, 1.165) is 41.6 Å². The van der Waals surface area contributed by atoms with Crippen molar-refractivity contribution in [1.82, 2.24) is 0 Å². The first kappa shape index (κ1) is 14.4. The molecule has 1 heterocycles. The highest BCUT2D eigenvalue weighted by Crippen LogP contribution is 2.39. The van der Waals surface area contributed by atoms with Crippen molar-refractivity contribution < 1.29 is 9.47 Å². The molecule has 0 amide bonds. The zero-order chi connectivity index (χ0) is 13.0. The highest BCUT2D eigenvalue weighted by molar-refractivity contribution is 9.10. The Kier molecular flexibility index (Phi) is 5.10. The molecule has 1 aromatic rings. The SMILES string of the molecule is CC1OCCC1(CBr)CCOc1cccc(Br)c1. The molecular formula is C14H18Br2O2. The van der Waals surface area contributed by atoms with Gasteiger partial charge in [-0.05, 0) is 38.0 Å². The second-order valence-corrected chi connectivity index (χ2v) is 6.29. The summed E-state index contributed by atoms with van der Waals surface area (Å²) in [7, 11) is 0. The molecule has 0 aliphatic carbocycles. The molecule has 18 heavy (non-hydrogen) atoms. The lowest BCUT2D eigenvalue weighted by molar-refractivity contribution is 0.0632. The van der Waals surface area contributed by atoms with Crippen LogP contribution in [-0.4, -0.2) is 24.6 Å². The summed E-state index contributed by atoms with van der Waals surface area (Å²) in [6.07, 6.45) is 2.44. The van der Waals surface area contributed by atoms with E-state index in [4.69, 9.17) is 9.47 Å². The summed E-state index contributed by atoms with van der Waals surface area (Å²) in [5.74, 6) is 0.917. The minimum absolute atomic E-state index is 0.228. The Morgan fingerprint density at radius 1 is 1.50 bits per heavy atom. The van der Waals surface area contributed by atoms with Gasteiger partial charge in [-0.25, -0.2) is 0 Å². The topological polar surface area (TPSA) is 18.5 Å². The summed E-state index contributed by atoms with van der Waals surface area (Å²) in [5.41, 5.74) is 0.228. The number of rotatable bonds is 5. The predicted octanol–water partition coefficient (Wildman–Crippen LogP) is 4.41. The van der Waals surface area contributed by atoms with E-state index >= 15 is 0 Å². The summed E-state index contributed by atoms with van der Waals surface area (Å²) >= 11 is 7.08. The molecule has 2 nitrogen and oxygen atoms in total. The summed E-state index contributed by atoms with van der Waals surface area (Å²) in [4.78, 5) is 0. The molecule has 1 aliphatic heterocycles. The summed E-state index contributed by atoms with van der Waals surface area (Å²) in [6.45, 7) is 3.76. The maximum atomic E-state index is 5.82. The van der Waals surface area contributed by atoms with Crippen LogP contribution in [0.5, 0.6) is 5.75 Å². The number of alkyl halides is 1. The van der Waals surface area contributed by atoms with Gasteiger partial charge in [0.1, 0.15) is 5.75 Å². The number of hydrogen-bond acceptors (Lipinski definition) is 2. The van der Waals surface area contributed by atoms with Gasteiger partial charge in [0.05, 0.1) is 12.7 Å². The van der Waals surface area contributed by atoms with Gasteiger partial charge >= 0.3 is 0 Å². The summed E-state index contributed by atoms with van der Waals surface area (Å²) in [6, 6.07) is 7.97. The first-order valence-electron chi connectivity index (χ1n) is 6.22. The molecule has 0 radical (unpaired) electrons. The first-order valence-corrected chi connectivity index (χ1v) is 8.14. The molecule has 4 heteroatoms. The van der Waals surface area contributed by atoms with E-state index in [-0.39, 0.29) is 5.41 Å². The number of ether oxygens (including phenoxy) is 2. The normalized spacial score (nSPS) is 27.4. The second-order valence-electron chi connectivity index (χ2n) is 4.81. The Morgan fingerprint density at radius 3 is 2.94 bits per heavy atom. The van der Waals surface area contributed by atoms with E-state index in [1.54, 1.807) is 0 Å². The van der Waals surface area contributed by atoms with E-state index in [9.17, 15) is 0 Å². The van der Waals surface area contributed by atoms with Crippen LogP contribution >= 0.6 is 31.9 Å². The Bertz CT molecular complexity index is 397. The van der Waals surface area contributed by atoms with Crippen molar-refractivity contribution in [3.63, 3.8) is 0 Å². The molecule has 1 fully saturated rings. The molecule has 1 saturated heterocycles. The third kappa shape index (κ3) is 3.28. The third-order valence-electron chi connectivity index (χ3n) is 3.76. The highest BCUT2D eigenvalue weighted by atomic mass is 79.9. The quantitative estimate of drug-likeness (QED) is 0.707. The zero-order valence-corrected chi connectivity index (χ0v) is 13.7. The molecule has 2 unspecified atom stereocenters. The van der Waals surface area contributed by atoms with Crippen molar-refractivity contribution >= 4 is 31.9 Å². The van der Waals surface area contributed by atoms with E-state index < -0.39 is 0 Å². The molecule has 0 aromatic heterocycles. The average molecular weight is 378 g/mol. The Morgan fingerprint density at radius 2 is 2.33 bits per heavy atom. The zero-order valence-electron chi connectivity index (χ0n) is 10.5. The maximum absolute atomic E-state index is 5.82. The average Bonchev–Trinajstić information content (AvgIpc) is 2.72. The molecule has 2 rings (SSSR count). The van der Waals surface area contributed by atoms with Crippen LogP contribution in [0.25, 0.3) is 0 Å². The Hall–Kier alpha value is -0.0600. The Balaban J connectivity index is 1.88. The lowest BCUT2D eigenvalue weighted by atomic mass is 9.81. The lowest BCUT2D eigenvalue weighted by Gasteiger charge is -2.30. The fourth-order valence-corrected chi connectivity index (χ4v) is 3.71. The van der Waals surface area contributed by atoms with Crippen LogP contribution in [0.2, 0.25) is 0 Å². The van der Waals surface area contributed by atoms with Crippen LogP contribution in [0.1, 0.15) is 19.8 Å². The summed E-state index contributed by atoms with van der Waals surface area (Å²) < 4.78 is 12.6. The van der Waals surface area contributed by atoms with Crippen molar-refractivity contribution in [2.45, 2.75) is 25.9 Å². The minimum Gasteiger partial charge on any atom is -0.494 e. The van der Waals surface area contributed by atoms with Crippen LogP contribution in [0.3, 0.4) is 0 Å². The molecular weight excluding hydrogens is 360 g/mol. The van der Waals surface area contributed by atoms with Gasteiger partial charge in [-0.15, -0.1) is 0 Å². The predicted molar refractivity (Wildman–Crippen MR) is 80.5 cm³/mol. The van der Waals surface area contributed by atoms with Gasteiger partial charge in [-0.2, -0.15) is 0 Å². The Labute approximate surface area is 125 Å². The van der Waals surface area contributed by atoms with Crippen molar-refractivity contribution in [3.8, 4) is 5.75 Å². The fourth-order valence-electron chi connectivity index (χ4n) is 2.32. The largest absolute Gasteiger partial charge is 0.494 e. The number of hydrogen-bond donors (Lipinski definition) is 0. The van der Waals surface area contributed by atoms with Crippen molar-refractivity contribution in [1.29, 1.82) is 0 Å². The molecule has 1 aliphatic rings. The van der Waals surface area contributed by atoms with Crippen LogP contribution in [0, 0.1) is 5.41 Å². The molecule has 0 bridgehead atoms. The monoisotopic (exact) mass is 376 g/mol. The van der Waals surface area contributed by atoms with E-state index in [0.29, 0.717) is 6.10 Å². The molecule has 0 saturated carbocycles. The maximum Gasteiger partial charge on any atom is 0.120 e. The molecule has 1 aromatic carbocycles. The van der Waals surface area contributed by atoms with Crippen molar-refractivity contribution in [2.24, 2.45) is 5.41 Å². The van der Waals surface area contributed by atoms with Gasteiger partial charge in [0.2, 0.25) is 0 Å². The van der Waals surface area contributed by atoms with Gasteiger partial charge in [0, 0.05) is 21.8 Å². The van der Waals surface area contributed by atoms with Gasteiger partial charge in [-0.3, -0.25) is 0 Å². The van der Waals surface area contributed by atoms with Crippen LogP contribution in [0.15, 0.2) is 28.7 Å². The second kappa shape index (κ2) is 6.40. The smallest absolute Gasteiger partial charge is 0.120 e. The van der Waals surface area contributed by atoms with E-state index in [1.165, 1.54) is 0 Å². The standard InChI is InChI=1S/C14H18Br2O2/c1-11-14(10-15,5-7-17-11)6-8-18-13-4-2-3-12(16)9-13/h2-4,9,11H,5-8,10H2,1H3. The minimum atomic E-state index is 0.228. The van der Waals surface area contributed by atoms with E-state index in [2.05, 4.69) is 38.8 Å². The van der Waals surface area contributed by atoms with Crippen LogP contribution in [0.4, 0.5) is 0 Å². The van der Waals surface area contributed by atoms with Crippen molar-refractivity contribution in [3.05, 3.63) is 28.7 Å².